The Kier molecular flexibility index (Phi) is 7.22. The molecule has 3 amide bonds. The van der Waals surface area contributed by atoms with Crippen molar-refractivity contribution in [1.82, 2.24) is 10.2 Å². The van der Waals surface area contributed by atoms with Gasteiger partial charge in [-0.2, -0.15) is 0 Å². The van der Waals surface area contributed by atoms with E-state index in [0.29, 0.717) is 18.9 Å². The van der Waals surface area contributed by atoms with Gasteiger partial charge in [-0.25, -0.2) is 4.79 Å². The first-order valence-electron chi connectivity index (χ1n) is 7.01. The molecule has 1 fully saturated rings. The fraction of sp³-hybridized carbons (Fsp3) is 0.846. The van der Waals surface area contributed by atoms with E-state index in [1.165, 1.54) is 12.8 Å². The summed E-state index contributed by atoms with van der Waals surface area (Å²) in [4.78, 5) is 24.4. The van der Waals surface area contributed by atoms with Gasteiger partial charge in [-0.1, -0.05) is 19.3 Å². The average molecular weight is 255 g/mol. The zero-order chi connectivity index (χ0) is 13.2. The monoisotopic (exact) mass is 255 g/mol. The summed E-state index contributed by atoms with van der Waals surface area (Å²) >= 11 is 0. The zero-order valence-electron chi connectivity index (χ0n) is 11.1. The SMILES string of the molecule is NC(=O)NCCCCCC(=O)N1CCCCCC1. The molecule has 1 heterocycles. The van der Waals surface area contributed by atoms with Crippen molar-refractivity contribution >= 4 is 11.9 Å². The van der Waals surface area contributed by atoms with Crippen molar-refractivity contribution in [2.24, 2.45) is 5.73 Å². The molecule has 0 saturated carbocycles. The van der Waals surface area contributed by atoms with Crippen LogP contribution < -0.4 is 11.1 Å². The second-order valence-electron chi connectivity index (χ2n) is 4.90. The number of nitrogens with one attached hydrogen (secondary N) is 1. The van der Waals surface area contributed by atoms with Crippen LogP contribution in [0.3, 0.4) is 0 Å². The van der Waals surface area contributed by atoms with Gasteiger partial charge < -0.3 is 16.0 Å². The molecule has 1 aliphatic rings. The topological polar surface area (TPSA) is 75.4 Å². The highest BCUT2D eigenvalue weighted by Gasteiger charge is 2.14. The summed E-state index contributed by atoms with van der Waals surface area (Å²) in [6, 6.07) is -0.476. The van der Waals surface area contributed by atoms with E-state index >= 15 is 0 Å². The molecular weight excluding hydrogens is 230 g/mol. The maximum absolute atomic E-state index is 11.9. The lowest BCUT2D eigenvalue weighted by Gasteiger charge is -2.20. The second-order valence-corrected chi connectivity index (χ2v) is 4.90. The van der Waals surface area contributed by atoms with Crippen LogP contribution in [0.15, 0.2) is 0 Å². The van der Waals surface area contributed by atoms with Crippen LogP contribution in [0, 0.1) is 0 Å². The van der Waals surface area contributed by atoms with Gasteiger partial charge in [-0.15, -0.1) is 0 Å². The predicted molar refractivity (Wildman–Crippen MR) is 71.1 cm³/mol. The quantitative estimate of drug-likeness (QED) is 0.708. The molecule has 1 rings (SSSR count). The molecule has 0 aromatic carbocycles. The minimum atomic E-state index is -0.476. The lowest BCUT2D eigenvalue weighted by molar-refractivity contribution is -0.131. The minimum Gasteiger partial charge on any atom is -0.352 e. The molecule has 0 atom stereocenters. The number of amides is 3. The fourth-order valence-corrected chi connectivity index (χ4v) is 2.27. The fourth-order valence-electron chi connectivity index (χ4n) is 2.27. The number of primary amides is 1. The van der Waals surface area contributed by atoms with Crippen molar-refractivity contribution in [2.75, 3.05) is 19.6 Å². The molecule has 0 radical (unpaired) electrons. The van der Waals surface area contributed by atoms with Crippen LogP contribution in [0.5, 0.6) is 0 Å². The number of hydrogen-bond donors (Lipinski definition) is 2. The van der Waals surface area contributed by atoms with E-state index in [1.807, 2.05) is 4.90 Å². The van der Waals surface area contributed by atoms with Crippen LogP contribution in [0.1, 0.15) is 51.4 Å². The lowest BCUT2D eigenvalue weighted by atomic mass is 10.1. The molecule has 5 nitrogen and oxygen atoms in total. The van der Waals surface area contributed by atoms with Crippen LogP contribution in [0.2, 0.25) is 0 Å². The first kappa shape index (κ1) is 14.8. The first-order chi connectivity index (χ1) is 8.70. The van der Waals surface area contributed by atoms with Gasteiger partial charge in [0, 0.05) is 26.1 Å². The summed E-state index contributed by atoms with van der Waals surface area (Å²) < 4.78 is 0. The third-order valence-corrected chi connectivity index (χ3v) is 3.33. The third-order valence-electron chi connectivity index (χ3n) is 3.33. The summed E-state index contributed by atoms with van der Waals surface area (Å²) in [6.07, 6.45) is 8.18. The number of nitrogens with zero attached hydrogens (tertiary/aromatic N) is 1. The Hall–Kier alpha value is -1.26. The highest BCUT2D eigenvalue weighted by molar-refractivity contribution is 5.76. The molecule has 0 aromatic rings. The number of nitrogens with two attached hydrogens (primary N) is 1. The van der Waals surface area contributed by atoms with Gasteiger partial charge in [-0.05, 0) is 25.7 Å². The number of rotatable bonds is 6. The number of carbonyl (C=O) groups is 2. The van der Waals surface area contributed by atoms with Crippen LogP contribution in [-0.2, 0) is 4.79 Å². The van der Waals surface area contributed by atoms with E-state index in [0.717, 1.165) is 45.2 Å². The highest BCUT2D eigenvalue weighted by Crippen LogP contribution is 2.12. The molecule has 0 aliphatic carbocycles. The molecule has 0 aromatic heterocycles. The molecular formula is C13H25N3O2. The number of urea groups is 1. The molecule has 0 unspecified atom stereocenters. The van der Waals surface area contributed by atoms with Crippen LogP contribution >= 0.6 is 0 Å². The Balaban J connectivity index is 2.03. The van der Waals surface area contributed by atoms with Crippen molar-refractivity contribution in [2.45, 2.75) is 51.4 Å². The van der Waals surface area contributed by atoms with Crippen molar-refractivity contribution in [3.05, 3.63) is 0 Å². The summed E-state index contributed by atoms with van der Waals surface area (Å²) in [5.74, 6) is 0.291. The number of hydrogen-bond acceptors (Lipinski definition) is 2. The Morgan fingerprint density at radius 2 is 1.67 bits per heavy atom. The molecule has 5 heteroatoms. The smallest absolute Gasteiger partial charge is 0.312 e. The number of likely N-dealkylation sites (tertiary alicyclic amines) is 1. The van der Waals surface area contributed by atoms with Gasteiger partial charge in [0.05, 0.1) is 0 Å². The van der Waals surface area contributed by atoms with Crippen molar-refractivity contribution in [3.8, 4) is 0 Å². The van der Waals surface area contributed by atoms with E-state index < -0.39 is 6.03 Å². The zero-order valence-corrected chi connectivity index (χ0v) is 11.1. The van der Waals surface area contributed by atoms with E-state index in [9.17, 15) is 9.59 Å². The van der Waals surface area contributed by atoms with Gasteiger partial charge in [-0.3, -0.25) is 4.79 Å². The highest BCUT2D eigenvalue weighted by atomic mass is 16.2. The summed E-state index contributed by atoms with van der Waals surface area (Å²) in [5.41, 5.74) is 4.96. The van der Waals surface area contributed by atoms with Crippen LogP contribution in [0.4, 0.5) is 4.79 Å². The normalized spacial score (nSPS) is 16.1. The van der Waals surface area contributed by atoms with E-state index in [2.05, 4.69) is 5.32 Å². The first-order valence-corrected chi connectivity index (χ1v) is 7.01. The van der Waals surface area contributed by atoms with Gasteiger partial charge in [0.1, 0.15) is 0 Å². The average Bonchev–Trinajstić information content (AvgIpc) is 2.61. The van der Waals surface area contributed by atoms with E-state index in [4.69, 9.17) is 5.73 Å². The van der Waals surface area contributed by atoms with E-state index in [1.54, 1.807) is 0 Å². The van der Waals surface area contributed by atoms with Gasteiger partial charge in [0.25, 0.3) is 0 Å². The standard InChI is InChI=1S/C13H25N3O2/c14-13(18)15-9-5-3-4-8-12(17)16-10-6-1-2-7-11-16/h1-11H2,(H3,14,15,18). The molecule has 1 aliphatic heterocycles. The molecule has 3 N–H and O–H groups in total. The Morgan fingerprint density at radius 3 is 2.28 bits per heavy atom. The van der Waals surface area contributed by atoms with Gasteiger partial charge >= 0.3 is 6.03 Å². The van der Waals surface area contributed by atoms with Crippen LogP contribution in [0.25, 0.3) is 0 Å². The molecule has 0 spiro atoms. The Morgan fingerprint density at radius 1 is 1.00 bits per heavy atom. The van der Waals surface area contributed by atoms with Gasteiger partial charge in [0.2, 0.25) is 5.91 Å². The summed E-state index contributed by atoms with van der Waals surface area (Å²) in [6.45, 7) is 2.47. The molecule has 104 valence electrons. The van der Waals surface area contributed by atoms with Crippen molar-refractivity contribution in [1.29, 1.82) is 0 Å². The van der Waals surface area contributed by atoms with Gasteiger partial charge in [0.15, 0.2) is 0 Å². The van der Waals surface area contributed by atoms with Crippen molar-refractivity contribution in [3.63, 3.8) is 0 Å². The molecule has 1 saturated heterocycles. The third kappa shape index (κ3) is 6.47. The summed E-state index contributed by atoms with van der Waals surface area (Å²) in [7, 11) is 0. The molecule has 18 heavy (non-hydrogen) atoms. The lowest BCUT2D eigenvalue weighted by Crippen LogP contribution is -2.31. The number of unbranched alkanes of at least 4 members (excludes halogenated alkanes) is 2. The maximum atomic E-state index is 11.9. The van der Waals surface area contributed by atoms with E-state index in [-0.39, 0.29) is 0 Å². The Bertz CT molecular complexity index is 261. The predicted octanol–water partition coefficient (Wildman–Crippen LogP) is 1.62. The number of carbonyl (C=O) groups excluding carboxylic acids is 2. The maximum Gasteiger partial charge on any atom is 0.312 e. The van der Waals surface area contributed by atoms with Crippen molar-refractivity contribution < 1.29 is 9.59 Å². The second kappa shape index (κ2) is 8.78. The summed E-state index contributed by atoms with van der Waals surface area (Å²) in [5, 5.41) is 2.55. The minimum absolute atomic E-state index is 0.291. The molecule has 0 bridgehead atoms. The van der Waals surface area contributed by atoms with Crippen LogP contribution in [-0.4, -0.2) is 36.5 Å². The Labute approximate surface area is 109 Å². The largest absolute Gasteiger partial charge is 0.352 e.